The zero-order valence-electron chi connectivity index (χ0n) is 10.8. The van der Waals surface area contributed by atoms with Crippen LogP contribution in [0.4, 0.5) is 4.39 Å². The Morgan fingerprint density at radius 3 is 2.63 bits per heavy atom. The van der Waals surface area contributed by atoms with Gasteiger partial charge < -0.3 is 4.90 Å². The summed E-state index contributed by atoms with van der Waals surface area (Å²) in [5.41, 5.74) is 1.44. The predicted octanol–water partition coefficient (Wildman–Crippen LogP) is 3.14. The first-order chi connectivity index (χ1) is 9.18. The van der Waals surface area contributed by atoms with E-state index in [0.717, 1.165) is 12.0 Å². The summed E-state index contributed by atoms with van der Waals surface area (Å²) in [6.07, 6.45) is 7.22. The average Bonchev–Trinajstić information content (AvgIpc) is 2.70. The average molecular weight is 257 g/mol. The van der Waals surface area contributed by atoms with Crippen LogP contribution in [-0.2, 0) is 4.79 Å². The highest BCUT2D eigenvalue weighted by molar-refractivity contribution is 5.83. The molecule has 2 aliphatic rings. The fraction of sp³-hybridized carbons (Fsp3) is 0.312. The van der Waals surface area contributed by atoms with Crippen molar-refractivity contribution in [2.24, 2.45) is 0 Å². The lowest BCUT2D eigenvalue weighted by Gasteiger charge is -2.33. The summed E-state index contributed by atoms with van der Waals surface area (Å²) >= 11 is 0. The topological polar surface area (TPSA) is 20.3 Å². The van der Waals surface area contributed by atoms with Gasteiger partial charge in [0.15, 0.2) is 0 Å². The highest BCUT2D eigenvalue weighted by Crippen LogP contribution is 2.37. The van der Waals surface area contributed by atoms with E-state index in [0.29, 0.717) is 5.56 Å². The summed E-state index contributed by atoms with van der Waals surface area (Å²) in [6.45, 7) is 0. The second-order valence-electron chi connectivity index (χ2n) is 5.12. The van der Waals surface area contributed by atoms with Gasteiger partial charge >= 0.3 is 0 Å². The zero-order chi connectivity index (χ0) is 13.4. The number of allylic oxidation sites excluding steroid dienone is 3. The van der Waals surface area contributed by atoms with Gasteiger partial charge in [0, 0.05) is 13.0 Å². The molecule has 0 aromatic heterocycles. The van der Waals surface area contributed by atoms with Crippen molar-refractivity contribution < 1.29 is 9.18 Å². The number of halogens is 1. The van der Waals surface area contributed by atoms with Crippen LogP contribution in [0, 0.1) is 0 Å². The maximum atomic E-state index is 14.5. The summed E-state index contributed by atoms with van der Waals surface area (Å²) in [4.78, 5) is 13.7. The molecule has 98 valence electrons. The Labute approximate surface area is 112 Å². The molecule has 1 aromatic rings. The van der Waals surface area contributed by atoms with Crippen LogP contribution in [-0.4, -0.2) is 23.9 Å². The van der Waals surface area contributed by atoms with Crippen LogP contribution >= 0.6 is 0 Å². The second kappa shape index (κ2) is 4.65. The molecule has 3 rings (SSSR count). The Morgan fingerprint density at radius 1 is 1.16 bits per heavy atom. The van der Waals surface area contributed by atoms with Gasteiger partial charge in [-0.15, -0.1) is 0 Å². The molecule has 3 atom stereocenters. The van der Waals surface area contributed by atoms with Crippen molar-refractivity contribution in [1.29, 1.82) is 0 Å². The number of amides is 1. The number of hydrogen-bond acceptors (Lipinski definition) is 1. The molecule has 1 heterocycles. The molecule has 1 aromatic carbocycles. The lowest BCUT2D eigenvalue weighted by atomic mass is 9.85. The van der Waals surface area contributed by atoms with Crippen molar-refractivity contribution in [3.05, 3.63) is 59.7 Å². The normalized spacial score (nSPS) is 29.5. The molecule has 0 saturated heterocycles. The lowest BCUT2D eigenvalue weighted by molar-refractivity contribution is -0.137. The van der Waals surface area contributed by atoms with Crippen LogP contribution in [0.1, 0.15) is 29.6 Å². The molecule has 2 unspecified atom stereocenters. The van der Waals surface area contributed by atoms with Gasteiger partial charge in [0.1, 0.15) is 0 Å². The van der Waals surface area contributed by atoms with E-state index in [1.807, 2.05) is 30.4 Å². The first kappa shape index (κ1) is 12.2. The Morgan fingerprint density at radius 2 is 1.84 bits per heavy atom. The first-order valence-corrected chi connectivity index (χ1v) is 6.53. The standard InChI is InChI=1S/C16H16FNO/c1-18-12-7-3-2-6-11(10-12)13-8-4-5-9-14(13)15(17)16(18)19/h2-9,11-12,15H,10H2,1H3/t11?,12?,15-/m0/s1. The Balaban J connectivity index is 2.16. The van der Waals surface area contributed by atoms with Gasteiger partial charge in [0.25, 0.3) is 5.91 Å². The Bertz CT molecular complexity index is 564. The minimum atomic E-state index is -1.56. The molecule has 0 radical (unpaired) electrons. The molecule has 0 N–H and O–H groups in total. The second-order valence-corrected chi connectivity index (χ2v) is 5.12. The number of carbonyl (C=O) groups is 1. The van der Waals surface area contributed by atoms with Crippen molar-refractivity contribution in [2.45, 2.75) is 24.6 Å². The van der Waals surface area contributed by atoms with Crippen molar-refractivity contribution in [2.75, 3.05) is 7.05 Å². The summed E-state index contributed by atoms with van der Waals surface area (Å²) in [5.74, 6) is -0.299. The summed E-state index contributed by atoms with van der Waals surface area (Å²) < 4.78 is 14.5. The molecule has 19 heavy (non-hydrogen) atoms. The fourth-order valence-corrected chi connectivity index (χ4v) is 2.88. The molecular weight excluding hydrogens is 241 g/mol. The summed E-state index contributed by atoms with van der Waals surface area (Å²) in [7, 11) is 1.68. The monoisotopic (exact) mass is 257 g/mol. The summed E-state index contributed by atoms with van der Waals surface area (Å²) in [5, 5.41) is 0. The largest absolute Gasteiger partial charge is 0.336 e. The molecule has 3 heteroatoms. The molecule has 1 amide bonds. The molecule has 2 bridgehead atoms. The van der Waals surface area contributed by atoms with Crippen molar-refractivity contribution >= 4 is 5.91 Å². The number of nitrogens with zero attached hydrogens (tertiary/aromatic N) is 1. The molecule has 0 spiro atoms. The van der Waals surface area contributed by atoms with Gasteiger partial charge in [-0.2, -0.15) is 0 Å². The van der Waals surface area contributed by atoms with Crippen molar-refractivity contribution in [3.8, 4) is 0 Å². The van der Waals surface area contributed by atoms with Gasteiger partial charge in [-0.05, 0) is 17.5 Å². The SMILES string of the molecule is CN1C(=O)[C@@H](F)c2ccccc2C2C=CC=CC1C2. The number of carbonyl (C=O) groups excluding carboxylic acids is 1. The van der Waals surface area contributed by atoms with Gasteiger partial charge in [-0.1, -0.05) is 48.6 Å². The zero-order valence-corrected chi connectivity index (χ0v) is 10.8. The van der Waals surface area contributed by atoms with Crippen LogP contribution in [0.5, 0.6) is 0 Å². The maximum absolute atomic E-state index is 14.5. The van der Waals surface area contributed by atoms with Gasteiger partial charge in [0.2, 0.25) is 6.17 Å². The van der Waals surface area contributed by atoms with E-state index in [1.165, 1.54) is 4.90 Å². The number of rotatable bonds is 0. The lowest BCUT2D eigenvalue weighted by Crippen LogP contribution is -2.40. The predicted molar refractivity (Wildman–Crippen MR) is 72.5 cm³/mol. The van der Waals surface area contributed by atoms with Crippen LogP contribution in [0.15, 0.2) is 48.6 Å². The summed E-state index contributed by atoms with van der Waals surface area (Å²) in [6, 6.07) is 7.30. The molecule has 1 aliphatic heterocycles. The molecule has 1 aliphatic carbocycles. The molecule has 2 nitrogen and oxygen atoms in total. The van der Waals surface area contributed by atoms with Crippen molar-refractivity contribution in [3.63, 3.8) is 0 Å². The highest BCUT2D eigenvalue weighted by atomic mass is 19.1. The van der Waals surface area contributed by atoms with Gasteiger partial charge in [0.05, 0.1) is 6.04 Å². The highest BCUT2D eigenvalue weighted by Gasteiger charge is 2.34. The Kier molecular flexibility index (Phi) is 2.97. The van der Waals surface area contributed by atoms with E-state index in [2.05, 4.69) is 6.08 Å². The smallest absolute Gasteiger partial charge is 0.262 e. The number of likely N-dealkylation sites (N-methyl/N-ethyl adjacent to an activating group) is 1. The van der Waals surface area contributed by atoms with Crippen LogP contribution < -0.4 is 0 Å². The number of fused-ring (bicyclic) bond motifs is 4. The molecule has 0 saturated carbocycles. The van der Waals surface area contributed by atoms with Crippen molar-refractivity contribution in [1.82, 2.24) is 4.90 Å². The number of hydrogen-bond donors (Lipinski definition) is 0. The van der Waals surface area contributed by atoms with Gasteiger partial charge in [-0.25, -0.2) is 4.39 Å². The fourth-order valence-electron chi connectivity index (χ4n) is 2.88. The maximum Gasteiger partial charge on any atom is 0.262 e. The first-order valence-electron chi connectivity index (χ1n) is 6.53. The van der Waals surface area contributed by atoms with E-state index in [1.54, 1.807) is 19.2 Å². The quantitative estimate of drug-likeness (QED) is 0.699. The van der Waals surface area contributed by atoms with Gasteiger partial charge in [-0.3, -0.25) is 4.79 Å². The Hall–Kier alpha value is -1.90. The van der Waals surface area contributed by atoms with E-state index >= 15 is 0 Å². The van der Waals surface area contributed by atoms with Crippen LogP contribution in [0.25, 0.3) is 0 Å². The van der Waals surface area contributed by atoms with E-state index in [-0.39, 0.29) is 12.0 Å². The minimum Gasteiger partial charge on any atom is -0.336 e. The van der Waals surface area contributed by atoms with E-state index in [9.17, 15) is 9.18 Å². The van der Waals surface area contributed by atoms with E-state index in [4.69, 9.17) is 0 Å². The minimum absolute atomic E-state index is 0.0425. The molecular formula is C16H16FNO. The number of benzene rings is 1. The third-order valence-corrected chi connectivity index (χ3v) is 4.01. The van der Waals surface area contributed by atoms with Crippen LogP contribution in [0.2, 0.25) is 0 Å². The number of alkyl halides is 1. The third kappa shape index (κ3) is 1.99. The van der Waals surface area contributed by atoms with Crippen LogP contribution in [0.3, 0.4) is 0 Å². The molecule has 0 fully saturated rings. The van der Waals surface area contributed by atoms with E-state index < -0.39 is 12.1 Å². The third-order valence-electron chi connectivity index (χ3n) is 4.01.